The molecule has 0 fully saturated rings. The second-order valence-corrected chi connectivity index (χ2v) is 11.7. The van der Waals surface area contributed by atoms with Crippen LogP contribution in [0.1, 0.15) is 31.3 Å². The van der Waals surface area contributed by atoms with E-state index in [-0.39, 0.29) is 22.5 Å². The fraction of sp³-hybridized carbons (Fsp3) is 0.176. The molecule has 0 saturated heterocycles. The lowest BCUT2D eigenvalue weighted by Gasteiger charge is -2.14. The highest BCUT2D eigenvalue weighted by Gasteiger charge is 2.24. The molecule has 0 unspecified atom stereocenters. The first kappa shape index (κ1) is 29.8. The number of benzene rings is 3. The number of fused-ring (bicyclic) bond motifs is 2. The van der Waals surface area contributed by atoms with Gasteiger partial charge in [0, 0.05) is 31.3 Å². The van der Waals surface area contributed by atoms with Crippen LogP contribution in [0.25, 0.3) is 34.0 Å². The molecule has 42 heavy (non-hydrogen) atoms. The molecule has 3 aromatic carbocycles. The summed E-state index contributed by atoms with van der Waals surface area (Å²) >= 11 is 3.30. The molecule has 2 aromatic heterocycles. The van der Waals surface area contributed by atoms with Crippen molar-refractivity contribution < 1.29 is 26.3 Å². The first-order valence-corrected chi connectivity index (χ1v) is 15.6. The van der Waals surface area contributed by atoms with Crippen molar-refractivity contribution in [1.82, 2.24) is 4.57 Å². The van der Waals surface area contributed by atoms with E-state index >= 15 is 0 Å². The van der Waals surface area contributed by atoms with Crippen molar-refractivity contribution in [3.8, 4) is 5.75 Å². The first-order chi connectivity index (χ1) is 20.1. The Morgan fingerprint density at radius 3 is 2.38 bits per heavy atom. The lowest BCUT2D eigenvalue weighted by Crippen LogP contribution is -3.00. The van der Waals surface area contributed by atoms with Crippen LogP contribution in [0, 0.1) is 0 Å². The normalized spacial score (nSPS) is 14.9. The van der Waals surface area contributed by atoms with Gasteiger partial charge < -0.3 is 26.6 Å². The second kappa shape index (κ2) is 13.1. The number of thiazole rings is 2. The number of hydrogen-bond acceptors (Lipinski definition) is 5. The Hall–Kier alpha value is -3.72. The molecule has 0 bridgehead atoms. The summed E-state index contributed by atoms with van der Waals surface area (Å²) in [7, 11) is 0. The maximum absolute atomic E-state index is 13.5. The molecular weight excluding hydrogens is 626 g/mol. The Bertz CT molecular complexity index is 1970. The van der Waals surface area contributed by atoms with Crippen molar-refractivity contribution in [2.75, 3.05) is 11.4 Å². The first-order valence-electron chi connectivity index (χ1n) is 14.0. The van der Waals surface area contributed by atoms with Gasteiger partial charge in [-0.2, -0.15) is 4.57 Å². The topological polar surface area (TPSA) is 38.4 Å². The minimum absolute atomic E-state index is 0. The van der Waals surface area contributed by atoms with Gasteiger partial charge in [-0.3, -0.25) is 9.36 Å². The summed E-state index contributed by atoms with van der Waals surface area (Å²) in [6.07, 6.45) is 8.21. The van der Waals surface area contributed by atoms with Crippen molar-refractivity contribution in [3.63, 3.8) is 0 Å². The van der Waals surface area contributed by atoms with Crippen LogP contribution >= 0.6 is 22.7 Å². The Balaban J connectivity index is 0.00000353. The van der Waals surface area contributed by atoms with Gasteiger partial charge in [-0.25, -0.2) is 0 Å². The van der Waals surface area contributed by atoms with E-state index in [0.717, 1.165) is 46.2 Å². The van der Waals surface area contributed by atoms with Crippen LogP contribution in [0.5, 0.6) is 5.75 Å². The van der Waals surface area contributed by atoms with Crippen LogP contribution in [-0.4, -0.2) is 11.1 Å². The van der Waals surface area contributed by atoms with E-state index in [0.29, 0.717) is 11.1 Å². The van der Waals surface area contributed by atoms with Crippen molar-refractivity contribution >= 4 is 62.4 Å². The lowest BCUT2D eigenvalue weighted by molar-refractivity contribution is -0.665. The molecule has 0 atom stereocenters. The monoisotopic (exact) mass is 657 g/mol. The van der Waals surface area contributed by atoms with Gasteiger partial charge in [0.05, 0.1) is 14.9 Å². The van der Waals surface area contributed by atoms with E-state index < -0.39 is 0 Å². The summed E-state index contributed by atoms with van der Waals surface area (Å²) in [6.45, 7) is 8.54. The highest BCUT2D eigenvalue weighted by Crippen LogP contribution is 2.38. The van der Waals surface area contributed by atoms with Crippen molar-refractivity contribution in [3.05, 3.63) is 121 Å². The predicted molar refractivity (Wildman–Crippen MR) is 173 cm³/mol. The SMILES string of the molecule is CCN1C(=CC=c2s/c(=C\C(=C\c3sc4ccccc4[n+]3CC)c3ccccc3)n(CC)c2=O)Oc2ccccc21.[Br-]. The number of halogens is 1. The van der Waals surface area contributed by atoms with Gasteiger partial charge >= 0.3 is 0 Å². The number of hydrogen-bond donors (Lipinski definition) is 0. The molecule has 1 aliphatic heterocycles. The number of aromatic nitrogens is 2. The zero-order valence-electron chi connectivity index (χ0n) is 23.8. The fourth-order valence-corrected chi connectivity index (χ4v) is 7.44. The average molecular weight is 659 g/mol. The third-order valence-electron chi connectivity index (χ3n) is 7.20. The molecule has 0 N–H and O–H groups in total. The number of ether oxygens (including phenoxy) is 1. The summed E-state index contributed by atoms with van der Waals surface area (Å²) in [4.78, 5) is 15.6. The number of anilines is 1. The van der Waals surface area contributed by atoms with Crippen LogP contribution in [0.2, 0.25) is 0 Å². The van der Waals surface area contributed by atoms with E-state index in [2.05, 4.69) is 90.1 Å². The molecule has 1 aliphatic rings. The van der Waals surface area contributed by atoms with E-state index in [9.17, 15) is 4.79 Å². The predicted octanol–water partition coefficient (Wildman–Crippen LogP) is 3.02. The summed E-state index contributed by atoms with van der Waals surface area (Å²) in [5.74, 6) is 1.57. The molecule has 0 radical (unpaired) electrons. The second-order valence-electron chi connectivity index (χ2n) is 9.60. The fourth-order valence-electron chi connectivity index (χ4n) is 5.20. The number of aryl methyl sites for hydroxylation is 1. The quantitative estimate of drug-likeness (QED) is 0.253. The van der Waals surface area contributed by atoms with Gasteiger partial charge in [0.2, 0.25) is 11.4 Å². The molecule has 5 nitrogen and oxygen atoms in total. The minimum Gasteiger partial charge on any atom is -1.00 e. The number of para-hydroxylation sites is 3. The van der Waals surface area contributed by atoms with Crippen LogP contribution in [0.3, 0.4) is 0 Å². The molecule has 5 aromatic rings. The zero-order valence-corrected chi connectivity index (χ0v) is 27.0. The Morgan fingerprint density at radius 2 is 1.62 bits per heavy atom. The van der Waals surface area contributed by atoms with Gasteiger partial charge in [-0.15, -0.1) is 11.3 Å². The smallest absolute Gasteiger partial charge is 0.269 e. The van der Waals surface area contributed by atoms with Crippen molar-refractivity contribution in [1.29, 1.82) is 0 Å². The van der Waals surface area contributed by atoms with E-state index in [1.54, 1.807) is 11.3 Å². The number of allylic oxidation sites excluding steroid dienone is 2. The van der Waals surface area contributed by atoms with Gasteiger partial charge in [0.25, 0.3) is 10.6 Å². The molecule has 0 saturated carbocycles. The third-order valence-corrected chi connectivity index (χ3v) is 9.39. The Labute approximate surface area is 264 Å². The van der Waals surface area contributed by atoms with Crippen LogP contribution < -0.4 is 45.9 Å². The third kappa shape index (κ3) is 5.67. The summed E-state index contributed by atoms with van der Waals surface area (Å²) in [6, 6.07) is 26.9. The zero-order chi connectivity index (χ0) is 28.3. The van der Waals surface area contributed by atoms with Gasteiger partial charge in [-0.05, 0) is 62.3 Å². The summed E-state index contributed by atoms with van der Waals surface area (Å²) in [5.41, 5.74) is 4.47. The molecule has 3 heterocycles. The maximum atomic E-state index is 13.5. The van der Waals surface area contributed by atoms with Crippen LogP contribution in [-0.2, 0) is 13.1 Å². The van der Waals surface area contributed by atoms with E-state index in [4.69, 9.17) is 4.74 Å². The maximum Gasteiger partial charge on any atom is 0.269 e. The summed E-state index contributed by atoms with van der Waals surface area (Å²) < 4.78 is 13.2. The molecule has 214 valence electrons. The summed E-state index contributed by atoms with van der Waals surface area (Å²) in [5, 5.41) is 1.18. The van der Waals surface area contributed by atoms with Gasteiger partial charge in [-0.1, -0.05) is 65.9 Å². The molecule has 0 spiro atoms. The average Bonchev–Trinajstić information content (AvgIpc) is 3.65. The number of rotatable bonds is 7. The van der Waals surface area contributed by atoms with Gasteiger partial charge in [0.15, 0.2) is 5.75 Å². The molecular formula is C34H32BrN3O2S2. The largest absolute Gasteiger partial charge is 1.00 e. The van der Waals surface area contributed by atoms with Crippen molar-refractivity contribution in [2.45, 2.75) is 33.9 Å². The molecule has 0 aliphatic carbocycles. The van der Waals surface area contributed by atoms with E-state index in [1.165, 1.54) is 26.6 Å². The van der Waals surface area contributed by atoms with Crippen LogP contribution in [0.15, 0.2) is 95.6 Å². The minimum atomic E-state index is 0. The highest BCUT2D eigenvalue weighted by atomic mass is 79.9. The Kier molecular flexibility index (Phi) is 9.26. The molecule has 8 heteroatoms. The lowest BCUT2D eigenvalue weighted by atomic mass is 10.1. The highest BCUT2D eigenvalue weighted by molar-refractivity contribution is 7.19. The van der Waals surface area contributed by atoms with Crippen molar-refractivity contribution in [2.24, 2.45) is 0 Å². The van der Waals surface area contributed by atoms with E-state index in [1.807, 2.05) is 47.9 Å². The number of nitrogens with zero attached hydrogens (tertiary/aromatic N) is 3. The molecule has 6 rings (SSSR count). The van der Waals surface area contributed by atoms with Gasteiger partial charge in [0.1, 0.15) is 11.2 Å². The standard InChI is InChI=1S/C34H32N3O2S2.BrH/c1-4-35-26-16-10-12-18-28(26)39-31(35)21-20-30-34(38)37(6-3)33(41-30)23-25(24-14-8-7-9-15-24)22-32-36(5-2)27-17-11-13-19-29(27)40-32;/h7-23H,4-6H2,1-3H3;1H/q+1;/p-1. The Morgan fingerprint density at radius 1 is 0.881 bits per heavy atom. The molecule has 0 amide bonds. The van der Waals surface area contributed by atoms with Crippen LogP contribution in [0.4, 0.5) is 5.69 Å².